The molecule has 59 heavy (non-hydrogen) atoms. The molecule has 2 heterocycles. The second-order valence-electron chi connectivity index (χ2n) is 16.6. The normalized spacial score (nSPS) is 27.7. The lowest BCUT2D eigenvalue weighted by Gasteiger charge is -2.42. The van der Waals surface area contributed by atoms with Gasteiger partial charge in [-0.25, -0.2) is 0 Å². The molecule has 2 aliphatic rings. The van der Waals surface area contributed by atoms with Crippen molar-refractivity contribution in [1.82, 2.24) is 0 Å². The van der Waals surface area contributed by atoms with Crippen LogP contribution in [-0.2, 0) is 38.0 Å². The molecule has 7 N–H and O–H groups in total. The highest BCUT2D eigenvalue weighted by Crippen LogP contribution is 2.26. The van der Waals surface area contributed by atoms with E-state index in [1.807, 2.05) is 0 Å². The van der Waals surface area contributed by atoms with Gasteiger partial charge in [0.15, 0.2) is 18.7 Å². The molecule has 0 saturated carbocycles. The number of aliphatic hydroxyl groups is 7. The molecule has 0 aliphatic carbocycles. The van der Waals surface area contributed by atoms with E-state index in [1.165, 1.54) is 96.3 Å². The number of hydrogen-bond donors (Lipinski definition) is 7. The van der Waals surface area contributed by atoms with E-state index in [0.717, 1.165) is 38.5 Å². The zero-order valence-electron chi connectivity index (χ0n) is 36.3. The Balaban J connectivity index is 1.85. The number of hydrogen-bond acceptors (Lipinski definition) is 15. The Hall–Kier alpha value is -1.50. The van der Waals surface area contributed by atoms with E-state index in [1.54, 1.807) is 0 Å². The number of rotatable bonds is 35. The van der Waals surface area contributed by atoms with Gasteiger partial charge in [0, 0.05) is 12.8 Å². The molecule has 15 nitrogen and oxygen atoms in total. The molecule has 0 radical (unpaired) electrons. The molecule has 2 aliphatic heterocycles. The molecule has 4 unspecified atom stereocenters. The highest BCUT2D eigenvalue weighted by molar-refractivity contribution is 5.70. The molecule has 15 heteroatoms. The van der Waals surface area contributed by atoms with E-state index in [0.29, 0.717) is 12.8 Å². The third-order valence-electron chi connectivity index (χ3n) is 11.3. The molecule has 0 aromatic rings. The van der Waals surface area contributed by atoms with Crippen LogP contribution in [0.3, 0.4) is 0 Å². The largest absolute Gasteiger partial charge is 0.462 e. The number of aliphatic hydroxyl groups excluding tert-OH is 7. The Labute approximate surface area is 353 Å². The summed E-state index contributed by atoms with van der Waals surface area (Å²) in [6, 6.07) is 0. The predicted octanol–water partition coefficient (Wildman–Crippen LogP) is 4.87. The molecular weight excluding hydrogens is 768 g/mol. The Kier molecular flexibility index (Phi) is 30.1. The SMILES string of the molecule is CCCCCCCCCCCCCCCC(=O)O[C@H](COC(=O)CCCCCCCCCCCC)CO[C@@H]1O[C@H](CO[C@@H]2O[C@H](CO)[C@H](O)C(O)C2O)[C@H](O)C(O)C1O. The number of unbranched alkanes of at least 4 members (excludes halogenated alkanes) is 21. The molecule has 2 rings (SSSR count). The second kappa shape index (κ2) is 33.1. The summed E-state index contributed by atoms with van der Waals surface area (Å²) in [7, 11) is 0. The second-order valence-corrected chi connectivity index (χ2v) is 16.6. The Bertz CT molecular complexity index is 1050. The fraction of sp³-hybridized carbons (Fsp3) is 0.955. The fourth-order valence-corrected chi connectivity index (χ4v) is 7.45. The van der Waals surface area contributed by atoms with Gasteiger partial charge in [0.1, 0.15) is 55.4 Å². The first-order valence-corrected chi connectivity index (χ1v) is 23.1. The van der Waals surface area contributed by atoms with Crippen molar-refractivity contribution in [3.05, 3.63) is 0 Å². The molecular formula is C44H82O15. The van der Waals surface area contributed by atoms with Gasteiger partial charge in [0.05, 0.1) is 19.8 Å². The molecule has 0 spiro atoms. The maximum atomic E-state index is 12.9. The summed E-state index contributed by atoms with van der Waals surface area (Å²) in [5, 5.41) is 71.8. The predicted molar refractivity (Wildman–Crippen MR) is 220 cm³/mol. The molecule has 0 aromatic carbocycles. The third-order valence-corrected chi connectivity index (χ3v) is 11.3. The van der Waals surface area contributed by atoms with Crippen LogP contribution < -0.4 is 0 Å². The van der Waals surface area contributed by atoms with Gasteiger partial charge in [0.25, 0.3) is 0 Å². The minimum absolute atomic E-state index is 0.172. The summed E-state index contributed by atoms with van der Waals surface area (Å²) in [5.41, 5.74) is 0. The topological polar surface area (TPSA) is 231 Å². The Morgan fingerprint density at radius 2 is 0.864 bits per heavy atom. The van der Waals surface area contributed by atoms with Crippen LogP contribution in [0.2, 0.25) is 0 Å². The molecule has 348 valence electrons. The van der Waals surface area contributed by atoms with Crippen LogP contribution >= 0.6 is 0 Å². The Morgan fingerprint density at radius 3 is 1.32 bits per heavy atom. The lowest BCUT2D eigenvalue weighted by Crippen LogP contribution is -2.61. The monoisotopic (exact) mass is 851 g/mol. The summed E-state index contributed by atoms with van der Waals surface area (Å²) < 4.78 is 33.4. The van der Waals surface area contributed by atoms with Gasteiger partial charge in [-0.3, -0.25) is 9.59 Å². The van der Waals surface area contributed by atoms with Gasteiger partial charge in [-0.15, -0.1) is 0 Å². The van der Waals surface area contributed by atoms with Crippen LogP contribution in [0.1, 0.15) is 174 Å². The van der Waals surface area contributed by atoms with Crippen molar-refractivity contribution in [3.8, 4) is 0 Å². The number of carbonyl (C=O) groups excluding carboxylic acids is 2. The van der Waals surface area contributed by atoms with Crippen molar-refractivity contribution in [3.63, 3.8) is 0 Å². The summed E-state index contributed by atoms with van der Waals surface area (Å²) >= 11 is 0. The highest BCUT2D eigenvalue weighted by Gasteiger charge is 2.47. The number of esters is 2. The zero-order valence-corrected chi connectivity index (χ0v) is 36.3. The summed E-state index contributed by atoms with van der Waals surface area (Å²) in [4.78, 5) is 25.6. The van der Waals surface area contributed by atoms with Gasteiger partial charge in [0.2, 0.25) is 0 Å². The molecule has 2 fully saturated rings. The standard InChI is InChI=1S/C44H82O15/c1-3-5-7-9-11-13-15-16-17-19-21-23-25-27-36(47)57-32(29-54-35(46)26-24-22-20-18-14-12-10-8-6-4-2)30-55-43-42(53)40(51)38(49)34(59-43)31-56-44-41(52)39(50)37(48)33(28-45)58-44/h32-34,37-45,48-53H,3-31H2,1-2H3/t32-,33-,34-,37+,38+,39?,40?,41?,42?,43-,44-/m1/s1. The number of ether oxygens (including phenoxy) is 6. The maximum Gasteiger partial charge on any atom is 0.306 e. The van der Waals surface area contributed by atoms with E-state index in [4.69, 9.17) is 28.4 Å². The fourth-order valence-electron chi connectivity index (χ4n) is 7.45. The minimum Gasteiger partial charge on any atom is -0.462 e. The molecule has 11 atom stereocenters. The average molecular weight is 851 g/mol. The minimum atomic E-state index is -1.76. The molecule has 0 bridgehead atoms. The first-order chi connectivity index (χ1) is 28.5. The zero-order chi connectivity index (χ0) is 43.3. The van der Waals surface area contributed by atoms with Crippen LogP contribution in [0, 0.1) is 0 Å². The van der Waals surface area contributed by atoms with Crippen LogP contribution in [0.5, 0.6) is 0 Å². The van der Waals surface area contributed by atoms with E-state index in [-0.39, 0.29) is 26.1 Å². The lowest BCUT2D eigenvalue weighted by atomic mass is 9.98. The molecule has 0 amide bonds. The average Bonchev–Trinajstić information content (AvgIpc) is 3.23. The summed E-state index contributed by atoms with van der Waals surface area (Å²) in [6.07, 6.45) is 10.1. The first kappa shape index (κ1) is 53.6. The van der Waals surface area contributed by atoms with Crippen molar-refractivity contribution < 1.29 is 73.8 Å². The van der Waals surface area contributed by atoms with Crippen molar-refractivity contribution in [2.45, 2.75) is 242 Å². The van der Waals surface area contributed by atoms with Gasteiger partial charge < -0.3 is 64.2 Å². The van der Waals surface area contributed by atoms with Gasteiger partial charge in [-0.2, -0.15) is 0 Å². The van der Waals surface area contributed by atoms with Crippen LogP contribution in [0.4, 0.5) is 0 Å². The lowest BCUT2D eigenvalue weighted by molar-refractivity contribution is -0.332. The molecule has 0 aromatic heterocycles. The van der Waals surface area contributed by atoms with Crippen molar-refractivity contribution >= 4 is 11.9 Å². The van der Waals surface area contributed by atoms with E-state index >= 15 is 0 Å². The van der Waals surface area contributed by atoms with Gasteiger partial charge >= 0.3 is 11.9 Å². The van der Waals surface area contributed by atoms with Gasteiger partial charge in [-0.1, -0.05) is 149 Å². The van der Waals surface area contributed by atoms with Crippen LogP contribution in [0.15, 0.2) is 0 Å². The van der Waals surface area contributed by atoms with Crippen LogP contribution in [0.25, 0.3) is 0 Å². The van der Waals surface area contributed by atoms with Crippen molar-refractivity contribution in [2.24, 2.45) is 0 Å². The van der Waals surface area contributed by atoms with E-state index < -0.39 is 92.7 Å². The molecule has 2 saturated heterocycles. The third kappa shape index (κ3) is 22.4. The first-order valence-electron chi connectivity index (χ1n) is 23.1. The van der Waals surface area contributed by atoms with E-state index in [2.05, 4.69) is 13.8 Å². The van der Waals surface area contributed by atoms with Crippen molar-refractivity contribution in [1.29, 1.82) is 0 Å². The number of carbonyl (C=O) groups is 2. The Morgan fingerprint density at radius 1 is 0.475 bits per heavy atom. The summed E-state index contributed by atoms with van der Waals surface area (Å²) in [6.45, 7) is 2.57. The van der Waals surface area contributed by atoms with Gasteiger partial charge in [-0.05, 0) is 12.8 Å². The maximum absolute atomic E-state index is 12.9. The summed E-state index contributed by atoms with van der Waals surface area (Å²) in [5.74, 6) is -0.918. The van der Waals surface area contributed by atoms with Crippen molar-refractivity contribution in [2.75, 3.05) is 26.4 Å². The highest BCUT2D eigenvalue weighted by atomic mass is 16.7. The quantitative estimate of drug-likeness (QED) is 0.0333. The van der Waals surface area contributed by atoms with E-state index in [9.17, 15) is 45.3 Å². The smallest absolute Gasteiger partial charge is 0.306 e. The van der Waals surface area contributed by atoms with Crippen LogP contribution in [-0.4, -0.2) is 142 Å².